The second-order valence-electron chi connectivity index (χ2n) is 7.66. The fourth-order valence-electron chi connectivity index (χ4n) is 4.34. The Balaban J connectivity index is 1.66. The van der Waals surface area contributed by atoms with Gasteiger partial charge in [0.25, 0.3) is 5.91 Å². The first-order valence-corrected chi connectivity index (χ1v) is 10.0. The number of carbonyl (C=O) groups is 1. The van der Waals surface area contributed by atoms with Crippen LogP contribution < -0.4 is 10.1 Å². The van der Waals surface area contributed by atoms with E-state index in [0.717, 1.165) is 19.5 Å². The molecular weight excluding hydrogens is 363 g/mol. The van der Waals surface area contributed by atoms with Crippen LogP contribution in [0.4, 0.5) is 4.39 Å². The molecule has 2 fully saturated rings. The van der Waals surface area contributed by atoms with Crippen molar-refractivity contribution < 1.29 is 23.4 Å². The quantitative estimate of drug-likeness (QED) is 0.769. The summed E-state index contributed by atoms with van der Waals surface area (Å²) in [7, 11) is 3.40. The number of amides is 1. The summed E-state index contributed by atoms with van der Waals surface area (Å²) in [6.45, 7) is 3.76. The van der Waals surface area contributed by atoms with E-state index in [4.69, 9.17) is 14.2 Å². The van der Waals surface area contributed by atoms with Crippen LogP contribution in [0.5, 0.6) is 5.75 Å². The van der Waals surface area contributed by atoms with Crippen LogP contribution in [0.3, 0.4) is 0 Å². The molecule has 1 aromatic carbocycles. The maximum Gasteiger partial charge on any atom is 0.261 e. The molecule has 1 amide bonds. The molecule has 1 aliphatic heterocycles. The summed E-state index contributed by atoms with van der Waals surface area (Å²) in [5.41, 5.74) is 0. The summed E-state index contributed by atoms with van der Waals surface area (Å²) in [4.78, 5) is 15.2. The number of benzene rings is 1. The van der Waals surface area contributed by atoms with Gasteiger partial charge in [-0.1, -0.05) is 6.07 Å². The molecule has 1 aliphatic carbocycles. The third kappa shape index (κ3) is 5.01. The van der Waals surface area contributed by atoms with Crippen LogP contribution in [0.1, 0.15) is 32.6 Å². The van der Waals surface area contributed by atoms with E-state index in [0.29, 0.717) is 12.2 Å². The number of likely N-dealkylation sites (tertiary alicyclic amines) is 1. The van der Waals surface area contributed by atoms with Gasteiger partial charge in [0.05, 0.1) is 12.2 Å². The SMILES string of the molecule is COC1CC(NC(=O)C(C)Oc2cccc(F)c2)C(N2CCCC2)CC1OC. The van der Waals surface area contributed by atoms with E-state index >= 15 is 0 Å². The van der Waals surface area contributed by atoms with Gasteiger partial charge < -0.3 is 19.5 Å². The smallest absolute Gasteiger partial charge is 0.261 e. The monoisotopic (exact) mass is 394 g/mol. The Labute approximate surface area is 166 Å². The molecule has 6 nitrogen and oxygen atoms in total. The Morgan fingerprint density at radius 1 is 1.18 bits per heavy atom. The van der Waals surface area contributed by atoms with Crippen molar-refractivity contribution in [3.8, 4) is 5.75 Å². The third-order valence-corrected chi connectivity index (χ3v) is 5.86. The lowest BCUT2D eigenvalue weighted by Crippen LogP contribution is -2.60. The minimum atomic E-state index is -0.720. The average molecular weight is 394 g/mol. The van der Waals surface area contributed by atoms with Gasteiger partial charge in [-0.2, -0.15) is 0 Å². The molecule has 2 aliphatic rings. The highest BCUT2D eigenvalue weighted by atomic mass is 19.1. The number of nitrogens with one attached hydrogen (secondary N) is 1. The Hall–Kier alpha value is -1.70. The van der Waals surface area contributed by atoms with Crippen molar-refractivity contribution in [3.05, 3.63) is 30.1 Å². The second-order valence-corrected chi connectivity index (χ2v) is 7.66. The summed E-state index contributed by atoms with van der Waals surface area (Å²) < 4.78 is 30.3. The van der Waals surface area contributed by atoms with Crippen LogP contribution in [-0.4, -0.2) is 68.5 Å². The Bertz CT molecular complexity index is 653. The van der Waals surface area contributed by atoms with Gasteiger partial charge in [-0.15, -0.1) is 0 Å². The topological polar surface area (TPSA) is 60.0 Å². The first-order chi connectivity index (χ1) is 13.5. The first-order valence-electron chi connectivity index (χ1n) is 10.0. The molecule has 0 spiro atoms. The summed E-state index contributed by atoms with van der Waals surface area (Å²) in [5, 5.41) is 3.15. The summed E-state index contributed by atoms with van der Waals surface area (Å²) in [5.74, 6) is -0.249. The molecule has 0 bridgehead atoms. The predicted octanol–water partition coefficient (Wildman–Crippen LogP) is 2.37. The van der Waals surface area contributed by atoms with E-state index in [9.17, 15) is 9.18 Å². The molecule has 1 N–H and O–H groups in total. The van der Waals surface area contributed by atoms with Gasteiger partial charge in [0.1, 0.15) is 11.6 Å². The molecule has 1 saturated heterocycles. The zero-order valence-corrected chi connectivity index (χ0v) is 16.9. The van der Waals surface area contributed by atoms with E-state index in [2.05, 4.69) is 10.2 Å². The van der Waals surface area contributed by atoms with Crippen LogP contribution in [0, 0.1) is 5.82 Å². The molecule has 28 heavy (non-hydrogen) atoms. The lowest BCUT2D eigenvalue weighted by molar-refractivity contribution is -0.131. The van der Waals surface area contributed by atoms with E-state index in [1.807, 2.05) is 0 Å². The van der Waals surface area contributed by atoms with Crippen molar-refractivity contribution in [1.29, 1.82) is 0 Å². The molecule has 5 atom stereocenters. The number of hydrogen-bond acceptors (Lipinski definition) is 5. The van der Waals surface area contributed by atoms with Gasteiger partial charge >= 0.3 is 0 Å². The number of carbonyl (C=O) groups excluding carboxylic acids is 1. The predicted molar refractivity (Wildman–Crippen MR) is 104 cm³/mol. The highest BCUT2D eigenvalue weighted by Gasteiger charge is 2.42. The van der Waals surface area contributed by atoms with Gasteiger partial charge in [0.2, 0.25) is 0 Å². The summed E-state index contributed by atoms with van der Waals surface area (Å²) in [6.07, 6.45) is 3.11. The highest BCUT2D eigenvalue weighted by Crippen LogP contribution is 2.30. The standard InChI is InChI=1S/C21H31FN2O4/c1-14(28-16-8-6-7-15(22)11-16)21(25)23-17-12-19(26-2)20(27-3)13-18(17)24-9-4-5-10-24/h6-8,11,14,17-20H,4-5,9-10,12-13H2,1-3H3,(H,23,25). The second kappa shape index (κ2) is 9.67. The van der Waals surface area contributed by atoms with Crippen molar-refractivity contribution in [2.75, 3.05) is 27.3 Å². The number of hydrogen-bond donors (Lipinski definition) is 1. The Kier molecular flexibility index (Phi) is 7.26. The molecule has 156 valence electrons. The minimum Gasteiger partial charge on any atom is -0.481 e. The van der Waals surface area contributed by atoms with E-state index < -0.39 is 6.10 Å². The van der Waals surface area contributed by atoms with E-state index in [1.165, 1.54) is 25.0 Å². The zero-order valence-electron chi connectivity index (χ0n) is 16.9. The number of nitrogens with zero attached hydrogens (tertiary/aromatic N) is 1. The molecule has 0 radical (unpaired) electrons. The Morgan fingerprint density at radius 2 is 1.86 bits per heavy atom. The normalized spacial score (nSPS) is 29.4. The van der Waals surface area contributed by atoms with Crippen LogP contribution >= 0.6 is 0 Å². The third-order valence-electron chi connectivity index (χ3n) is 5.86. The number of ether oxygens (including phenoxy) is 3. The molecule has 1 heterocycles. The van der Waals surface area contributed by atoms with Crippen molar-refractivity contribution in [1.82, 2.24) is 10.2 Å². The maximum atomic E-state index is 13.4. The lowest BCUT2D eigenvalue weighted by Gasteiger charge is -2.44. The summed E-state index contributed by atoms with van der Waals surface area (Å²) >= 11 is 0. The fraction of sp³-hybridized carbons (Fsp3) is 0.667. The van der Waals surface area contributed by atoms with Crippen molar-refractivity contribution in [2.24, 2.45) is 0 Å². The van der Waals surface area contributed by atoms with E-state index in [1.54, 1.807) is 33.3 Å². The zero-order chi connectivity index (χ0) is 20.1. The maximum absolute atomic E-state index is 13.4. The van der Waals surface area contributed by atoms with Crippen LogP contribution in [-0.2, 0) is 14.3 Å². The average Bonchev–Trinajstić information content (AvgIpc) is 3.22. The van der Waals surface area contributed by atoms with Gasteiger partial charge in [-0.25, -0.2) is 4.39 Å². The highest BCUT2D eigenvalue weighted by molar-refractivity contribution is 5.81. The minimum absolute atomic E-state index is 0.0183. The van der Waals surface area contributed by atoms with Crippen LogP contribution in [0.2, 0.25) is 0 Å². The van der Waals surface area contributed by atoms with Crippen molar-refractivity contribution in [3.63, 3.8) is 0 Å². The molecule has 1 saturated carbocycles. The number of halogens is 1. The van der Waals surface area contributed by atoms with E-state index in [-0.39, 0.29) is 36.0 Å². The molecule has 3 rings (SSSR count). The largest absolute Gasteiger partial charge is 0.481 e. The number of methoxy groups -OCH3 is 2. The first kappa shape index (κ1) is 21.0. The number of rotatable bonds is 7. The van der Waals surface area contributed by atoms with Gasteiger partial charge in [0, 0.05) is 32.4 Å². The lowest BCUT2D eigenvalue weighted by atomic mass is 9.84. The molecule has 5 unspecified atom stereocenters. The van der Waals surface area contributed by atoms with Crippen LogP contribution in [0.25, 0.3) is 0 Å². The van der Waals surface area contributed by atoms with Crippen molar-refractivity contribution >= 4 is 5.91 Å². The Morgan fingerprint density at radius 3 is 2.50 bits per heavy atom. The van der Waals surface area contributed by atoms with Gasteiger partial charge in [-0.3, -0.25) is 9.69 Å². The van der Waals surface area contributed by atoms with Crippen LogP contribution in [0.15, 0.2) is 24.3 Å². The van der Waals surface area contributed by atoms with Gasteiger partial charge in [0.15, 0.2) is 6.10 Å². The fourth-order valence-corrected chi connectivity index (χ4v) is 4.34. The molecular formula is C21H31FN2O4. The summed E-state index contributed by atoms with van der Waals surface area (Å²) in [6, 6.07) is 6.00. The van der Waals surface area contributed by atoms with Gasteiger partial charge in [-0.05, 0) is 57.8 Å². The molecule has 1 aromatic rings. The van der Waals surface area contributed by atoms with Crippen molar-refractivity contribution in [2.45, 2.75) is 63.0 Å². The molecule has 7 heteroatoms. The molecule has 0 aromatic heterocycles.